The van der Waals surface area contributed by atoms with Gasteiger partial charge in [-0.1, -0.05) is 13.8 Å². The van der Waals surface area contributed by atoms with Crippen molar-refractivity contribution in [3.8, 4) is 0 Å². The van der Waals surface area contributed by atoms with E-state index < -0.39 is 6.10 Å². The molecule has 2 atom stereocenters. The number of hydrogen-bond acceptors (Lipinski definition) is 13. The molecule has 0 fully saturated rings. The molecule has 0 saturated carbocycles. The Bertz CT molecular complexity index is 568. The van der Waals surface area contributed by atoms with Crippen molar-refractivity contribution in [3.05, 3.63) is 0 Å². The SMILES string of the molecule is COCCOCCOCCOCCOCCOCCOCCOCCOCCOCCOC(C)C(=O)OC(C)CC(C)C. The summed E-state index contributed by atoms with van der Waals surface area (Å²) in [5, 5.41) is 0. The molecule has 0 rings (SSSR count). The normalized spacial score (nSPS) is 13.1. The zero-order valence-electron chi connectivity index (χ0n) is 27.4. The van der Waals surface area contributed by atoms with Crippen LogP contribution in [0, 0.1) is 5.92 Å². The van der Waals surface area contributed by atoms with Gasteiger partial charge in [0.1, 0.15) is 0 Å². The average molecular weight is 629 g/mol. The average Bonchev–Trinajstić information content (AvgIpc) is 2.97. The lowest BCUT2D eigenvalue weighted by Gasteiger charge is -2.18. The highest BCUT2D eigenvalue weighted by Gasteiger charge is 2.18. The molecular formula is C30H60O13. The number of carbonyl (C=O) groups is 1. The van der Waals surface area contributed by atoms with E-state index >= 15 is 0 Å². The van der Waals surface area contributed by atoms with Gasteiger partial charge in [-0.25, -0.2) is 4.79 Å². The number of methoxy groups -OCH3 is 1. The van der Waals surface area contributed by atoms with Crippen LogP contribution in [-0.2, 0) is 61.6 Å². The molecule has 0 aliphatic carbocycles. The van der Waals surface area contributed by atoms with Crippen LogP contribution in [0.25, 0.3) is 0 Å². The Labute approximate surface area is 259 Å². The van der Waals surface area contributed by atoms with Crippen molar-refractivity contribution < 1.29 is 61.6 Å². The van der Waals surface area contributed by atoms with E-state index in [0.717, 1.165) is 6.42 Å². The van der Waals surface area contributed by atoms with Crippen molar-refractivity contribution in [2.75, 3.05) is 139 Å². The minimum Gasteiger partial charge on any atom is -0.461 e. The van der Waals surface area contributed by atoms with Crippen molar-refractivity contribution in [2.24, 2.45) is 5.92 Å². The van der Waals surface area contributed by atoms with Crippen LogP contribution >= 0.6 is 0 Å². The summed E-state index contributed by atoms with van der Waals surface area (Å²) >= 11 is 0. The maximum Gasteiger partial charge on any atom is 0.335 e. The topological polar surface area (TPSA) is 128 Å². The molecule has 0 bridgehead atoms. The molecule has 0 spiro atoms. The number of carbonyl (C=O) groups excluding carboxylic acids is 1. The summed E-state index contributed by atoms with van der Waals surface area (Å²) in [5.41, 5.74) is 0. The molecule has 0 radical (unpaired) electrons. The van der Waals surface area contributed by atoms with Crippen molar-refractivity contribution in [3.63, 3.8) is 0 Å². The van der Waals surface area contributed by atoms with E-state index in [9.17, 15) is 4.79 Å². The van der Waals surface area contributed by atoms with Crippen LogP contribution in [0.1, 0.15) is 34.1 Å². The molecule has 0 amide bonds. The van der Waals surface area contributed by atoms with Gasteiger partial charge in [-0.2, -0.15) is 0 Å². The minimum atomic E-state index is -0.612. The van der Waals surface area contributed by atoms with E-state index in [2.05, 4.69) is 13.8 Å². The third-order valence-corrected chi connectivity index (χ3v) is 5.46. The number of ether oxygens (including phenoxy) is 12. The first-order valence-corrected chi connectivity index (χ1v) is 15.5. The van der Waals surface area contributed by atoms with Crippen molar-refractivity contribution in [1.82, 2.24) is 0 Å². The standard InChI is InChI=1S/C30H60O13/c1-27(2)26-28(3)43-30(31)29(4)42-25-24-41-23-22-40-21-20-39-19-18-38-17-16-37-15-14-36-13-12-35-11-10-34-9-8-33-7-6-32-5/h27-29H,6-26H2,1-5H3. The highest BCUT2D eigenvalue weighted by Crippen LogP contribution is 2.09. The van der Waals surface area contributed by atoms with Crippen LogP contribution < -0.4 is 0 Å². The zero-order chi connectivity index (χ0) is 31.6. The predicted octanol–water partition coefficient (Wildman–Crippen LogP) is 2.17. The van der Waals surface area contributed by atoms with Gasteiger partial charge in [0, 0.05) is 7.11 Å². The van der Waals surface area contributed by atoms with Crippen LogP contribution in [-0.4, -0.2) is 157 Å². The van der Waals surface area contributed by atoms with Gasteiger partial charge in [-0.05, 0) is 26.2 Å². The minimum absolute atomic E-state index is 0.113. The molecule has 2 unspecified atom stereocenters. The molecular weight excluding hydrogens is 568 g/mol. The zero-order valence-corrected chi connectivity index (χ0v) is 27.4. The van der Waals surface area contributed by atoms with Gasteiger partial charge in [-0.3, -0.25) is 0 Å². The van der Waals surface area contributed by atoms with E-state index in [0.29, 0.717) is 138 Å². The van der Waals surface area contributed by atoms with Gasteiger partial charge in [0.05, 0.1) is 138 Å². The first kappa shape index (κ1) is 42.0. The summed E-state index contributed by atoms with van der Waals surface area (Å²) in [4.78, 5) is 12.0. The van der Waals surface area contributed by atoms with Gasteiger partial charge in [0.2, 0.25) is 0 Å². The molecule has 0 N–H and O–H groups in total. The third kappa shape index (κ3) is 33.8. The molecule has 13 heteroatoms. The van der Waals surface area contributed by atoms with E-state index in [4.69, 9.17) is 56.8 Å². The Kier molecular flexibility index (Phi) is 33.1. The van der Waals surface area contributed by atoms with Crippen LogP contribution in [0.2, 0.25) is 0 Å². The van der Waals surface area contributed by atoms with Gasteiger partial charge in [-0.15, -0.1) is 0 Å². The maximum atomic E-state index is 12.0. The highest BCUT2D eigenvalue weighted by molar-refractivity contribution is 5.74. The smallest absolute Gasteiger partial charge is 0.335 e. The monoisotopic (exact) mass is 628 g/mol. The first-order valence-electron chi connectivity index (χ1n) is 15.5. The molecule has 0 aromatic carbocycles. The second kappa shape index (κ2) is 33.9. The fourth-order valence-electron chi connectivity index (χ4n) is 3.36. The number of hydrogen-bond donors (Lipinski definition) is 0. The van der Waals surface area contributed by atoms with Crippen LogP contribution in [0.5, 0.6) is 0 Å². The first-order chi connectivity index (χ1) is 21.0. The third-order valence-electron chi connectivity index (χ3n) is 5.46. The molecule has 0 aromatic heterocycles. The molecule has 0 saturated heterocycles. The second-order valence-electron chi connectivity index (χ2n) is 9.89. The Morgan fingerprint density at radius 2 is 0.721 bits per heavy atom. The molecule has 0 aromatic rings. The second-order valence-corrected chi connectivity index (χ2v) is 9.89. The van der Waals surface area contributed by atoms with Gasteiger partial charge < -0.3 is 56.8 Å². The number of rotatable bonds is 35. The predicted molar refractivity (Wildman–Crippen MR) is 160 cm³/mol. The molecule has 0 aliphatic rings. The Balaban J connectivity index is 3.19. The lowest BCUT2D eigenvalue weighted by molar-refractivity contribution is -0.162. The van der Waals surface area contributed by atoms with E-state index in [1.807, 2.05) is 6.92 Å². The quantitative estimate of drug-likeness (QED) is 0.0752. The summed E-state index contributed by atoms with van der Waals surface area (Å²) in [6.07, 6.45) is 0.106. The van der Waals surface area contributed by atoms with Crippen LogP contribution in [0.15, 0.2) is 0 Å². The maximum absolute atomic E-state index is 12.0. The summed E-state index contributed by atoms with van der Waals surface area (Å²) in [6, 6.07) is 0. The molecule has 13 nitrogen and oxygen atoms in total. The highest BCUT2D eigenvalue weighted by atomic mass is 16.6. The molecule has 43 heavy (non-hydrogen) atoms. The van der Waals surface area contributed by atoms with E-state index in [1.54, 1.807) is 14.0 Å². The summed E-state index contributed by atoms with van der Waals surface area (Å²) in [7, 11) is 1.64. The van der Waals surface area contributed by atoms with E-state index in [-0.39, 0.29) is 12.1 Å². The van der Waals surface area contributed by atoms with Gasteiger partial charge in [0.15, 0.2) is 6.10 Å². The van der Waals surface area contributed by atoms with Gasteiger partial charge in [0.25, 0.3) is 0 Å². The van der Waals surface area contributed by atoms with E-state index in [1.165, 1.54) is 0 Å². The van der Waals surface area contributed by atoms with Crippen molar-refractivity contribution in [2.45, 2.75) is 46.3 Å². The van der Waals surface area contributed by atoms with Crippen molar-refractivity contribution >= 4 is 5.97 Å². The summed E-state index contributed by atoms with van der Waals surface area (Å²) in [6.45, 7) is 17.7. The van der Waals surface area contributed by atoms with Crippen molar-refractivity contribution in [1.29, 1.82) is 0 Å². The Hall–Kier alpha value is -0.970. The lowest BCUT2D eigenvalue weighted by atomic mass is 10.1. The summed E-state index contributed by atoms with van der Waals surface area (Å²) < 4.78 is 64.6. The lowest BCUT2D eigenvalue weighted by Crippen LogP contribution is -2.28. The molecule has 0 aliphatic heterocycles. The largest absolute Gasteiger partial charge is 0.461 e. The van der Waals surface area contributed by atoms with Crippen LogP contribution in [0.3, 0.4) is 0 Å². The Morgan fingerprint density at radius 1 is 0.442 bits per heavy atom. The van der Waals surface area contributed by atoms with Gasteiger partial charge >= 0.3 is 5.97 Å². The summed E-state index contributed by atoms with van der Waals surface area (Å²) in [5.74, 6) is 0.131. The molecule has 0 heterocycles. The number of esters is 1. The fraction of sp³-hybridized carbons (Fsp3) is 0.967. The Morgan fingerprint density at radius 3 is 1.00 bits per heavy atom. The van der Waals surface area contributed by atoms with Crippen LogP contribution in [0.4, 0.5) is 0 Å². The fourth-order valence-corrected chi connectivity index (χ4v) is 3.36. The molecule has 258 valence electrons.